The van der Waals surface area contributed by atoms with E-state index in [0.717, 1.165) is 26.6 Å². The van der Waals surface area contributed by atoms with Crippen molar-refractivity contribution in [1.82, 2.24) is 15.2 Å². The van der Waals surface area contributed by atoms with E-state index in [-0.39, 0.29) is 6.04 Å². The third kappa shape index (κ3) is 2.45. The molecule has 0 aliphatic carbocycles. The van der Waals surface area contributed by atoms with Crippen molar-refractivity contribution >= 4 is 27.3 Å². The minimum atomic E-state index is -0.0262. The van der Waals surface area contributed by atoms with Crippen LogP contribution in [0.1, 0.15) is 24.4 Å². The first kappa shape index (κ1) is 11.6. The van der Waals surface area contributed by atoms with E-state index in [2.05, 4.69) is 31.1 Å². The number of halogens is 1. The Morgan fingerprint density at radius 1 is 1.44 bits per heavy atom. The molecule has 0 saturated heterocycles. The number of nitrogens with two attached hydrogens (primary N) is 1. The summed E-state index contributed by atoms with van der Waals surface area (Å²) >= 11 is 4.84. The van der Waals surface area contributed by atoms with Crippen molar-refractivity contribution in [3.63, 3.8) is 0 Å². The summed E-state index contributed by atoms with van der Waals surface area (Å²) in [4.78, 5) is 4.27. The van der Waals surface area contributed by atoms with Gasteiger partial charge in [-0.3, -0.25) is 4.98 Å². The molecule has 1 atom stereocenters. The molecule has 0 aliphatic heterocycles. The highest BCUT2D eigenvalue weighted by Crippen LogP contribution is 2.26. The molecule has 0 amide bonds. The van der Waals surface area contributed by atoms with Gasteiger partial charge in [-0.1, -0.05) is 18.3 Å². The first-order chi connectivity index (χ1) is 7.70. The van der Waals surface area contributed by atoms with E-state index in [0.29, 0.717) is 0 Å². The van der Waals surface area contributed by atoms with Crippen LogP contribution in [-0.4, -0.2) is 15.2 Å². The second kappa shape index (κ2) is 4.99. The largest absolute Gasteiger partial charge is 0.322 e. The summed E-state index contributed by atoms with van der Waals surface area (Å²) in [6.07, 6.45) is 2.61. The van der Waals surface area contributed by atoms with Gasteiger partial charge in [0.2, 0.25) is 0 Å². The highest BCUT2D eigenvalue weighted by atomic mass is 79.9. The number of aromatic nitrogens is 3. The van der Waals surface area contributed by atoms with E-state index >= 15 is 0 Å². The number of nitrogens with zero attached hydrogens (tertiary/aromatic N) is 3. The fourth-order valence-electron chi connectivity index (χ4n) is 1.16. The molecule has 2 aromatic rings. The molecule has 0 aliphatic rings. The van der Waals surface area contributed by atoms with E-state index < -0.39 is 0 Å². The van der Waals surface area contributed by atoms with Gasteiger partial charge >= 0.3 is 0 Å². The first-order valence-electron chi connectivity index (χ1n) is 4.91. The highest BCUT2D eigenvalue weighted by molar-refractivity contribution is 9.10. The monoisotopic (exact) mass is 298 g/mol. The molecule has 4 nitrogen and oxygen atoms in total. The molecular formula is C10H11BrN4S. The van der Waals surface area contributed by atoms with E-state index in [4.69, 9.17) is 5.73 Å². The van der Waals surface area contributed by atoms with Crippen molar-refractivity contribution in [2.24, 2.45) is 5.73 Å². The van der Waals surface area contributed by atoms with Gasteiger partial charge in [0, 0.05) is 10.7 Å². The van der Waals surface area contributed by atoms with Gasteiger partial charge in [0.05, 0.1) is 6.04 Å². The van der Waals surface area contributed by atoms with Gasteiger partial charge in [-0.05, 0) is 34.5 Å². The van der Waals surface area contributed by atoms with Crippen LogP contribution in [0.25, 0.3) is 10.7 Å². The van der Waals surface area contributed by atoms with Crippen molar-refractivity contribution < 1.29 is 0 Å². The molecule has 0 aromatic carbocycles. The summed E-state index contributed by atoms with van der Waals surface area (Å²) < 4.78 is 0.950. The van der Waals surface area contributed by atoms with Crippen molar-refractivity contribution in [2.75, 3.05) is 0 Å². The van der Waals surface area contributed by atoms with E-state index in [1.54, 1.807) is 6.20 Å². The van der Waals surface area contributed by atoms with Gasteiger partial charge in [0.25, 0.3) is 0 Å². The van der Waals surface area contributed by atoms with Crippen molar-refractivity contribution in [3.05, 3.63) is 27.8 Å². The van der Waals surface area contributed by atoms with Crippen LogP contribution in [0.4, 0.5) is 0 Å². The maximum atomic E-state index is 5.89. The molecule has 6 heteroatoms. The Labute approximate surface area is 106 Å². The lowest BCUT2D eigenvalue weighted by Crippen LogP contribution is -2.07. The van der Waals surface area contributed by atoms with Crippen molar-refractivity contribution in [1.29, 1.82) is 0 Å². The average Bonchev–Trinajstić information content (AvgIpc) is 2.78. The highest BCUT2D eigenvalue weighted by Gasteiger charge is 2.12. The predicted molar refractivity (Wildman–Crippen MR) is 68.1 cm³/mol. The Morgan fingerprint density at radius 3 is 2.88 bits per heavy atom. The zero-order chi connectivity index (χ0) is 11.5. The number of hydrogen-bond donors (Lipinski definition) is 1. The molecule has 16 heavy (non-hydrogen) atoms. The van der Waals surface area contributed by atoms with Gasteiger partial charge in [0.1, 0.15) is 10.7 Å². The lowest BCUT2D eigenvalue weighted by Gasteiger charge is -2.00. The summed E-state index contributed by atoms with van der Waals surface area (Å²) in [6, 6.07) is 3.82. The molecule has 0 fully saturated rings. The molecule has 2 aromatic heterocycles. The minimum Gasteiger partial charge on any atom is -0.322 e. The van der Waals surface area contributed by atoms with Gasteiger partial charge in [-0.25, -0.2) is 0 Å². The molecule has 0 saturated carbocycles. The minimum absolute atomic E-state index is 0.0262. The molecule has 2 N–H and O–H groups in total. The maximum absolute atomic E-state index is 5.89. The summed E-state index contributed by atoms with van der Waals surface area (Å²) in [5.41, 5.74) is 6.72. The third-order valence-electron chi connectivity index (χ3n) is 2.14. The Kier molecular flexibility index (Phi) is 3.63. The van der Waals surface area contributed by atoms with Crippen LogP contribution in [0.3, 0.4) is 0 Å². The van der Waals surface area contributed by atoms with Gasteiger partial charge in [0.15, 0.2) is 5.01 Å². The van der Waals surface area contributed by atoms with Crippen LogP contribution in [0.15, 0.2) is 22.8 Å². The molecule has 0 bridgehead atoms. The molecule has 84 valence electrons. The predicted octanol–water partition coefficient (Wildman–Crippen LogP) is 2.77. The van der Waals surface area contributed by atoms with Crippen LogP contribution >= 0.6 is 27.3 Å². The Bertz CT molecular complexity index is 468. The molecule has 0 spiro atoms. The number of rotatable bonds is 3. The summed E-state index contributed by atoms with van der Waals surface area (Å²) in [5, 5.41) is 9.85. The van der Waals surface area contributed by atoms with Gasteiger partial charge in [-0.15, -0.1) is 10.2 Å². The Morgan fingerprint density at radius 2 is 2.25 bits per heavy atom. The van der Waals surface area contributed by atoms with E-state index in [1.165, 1.54) is 11.3 Å². The normalized spacial score (nSPS) is 12.7. The van der Waals surface area contributed by atoms with Crippen LogP contribution in [0.2, 0.25) is 0 Å². The molecule has 2 heterocycles. The lowest BCUT2D eigenvalue weighted by atomic mass is 10.3. The van der Waals surface area contributed by atoms with Gasteiger partial charge in [-0.2, -0.15) is 0 Å². The number of hydrogen-bond acceptors (Lipinski definition) is 5. The van der Waals surface area contributed by atoms with Gasteiger partial charge < -0.3 is 5.73 Å². The van der Waals surface area contributed by atoms with Crippen LogP contribution in [0, 0.1) is 0 Å². The lowest BCUT2D eigenvalue weighted by molar-refractivity contribution is 0.683. The molecule has 2 rings (SSSR count). The Balaban J connectivity index is 2.28. The maximum Gasteiger partial charge on any atom is 0.166 e. The van der Waals surface area contributed by atoms with E-state index in [1.807, 2.05) is 19.1 Å². The zero-order valence-electron chi connectivity index (χ0n) is 8.72. The SMILES string of the molecule is CCC(N)c1nnc(-c2ccc(Br)cn2)s1. The zero-order valence-corrected chi connectivity index (χ0v) is 11.1. The fraction of sp³-hybridized carbons (Fsp3) is 0.300. The quantitative estimate of drug-likeness (QED) is 0.946. The summed E-state index contributed by atoms with van der Waals surface area (Å²) in [7, 11) is 0. The van der Waals surface area contributed by atoms with Crippen molar-refractivity contribution in [3.8, 4) is 10.7 Å². The van der Waals surface area contributed by atoms with E-state index in [9.17, 15) is 0 Å². The first-order valence-corrected chi connectivity index (χ1v) is 6.52. The third-order valence-corrected chi connectivity index (χ3v) is 3.69. The number of pyridine rings is 1. The summed E-state index contributed by atoms with van der Waals surface area (Å²) in [6.45, 7) is 2.03. The standard InChI is InChI=1S/C10H11BrN4S/c1-2-7(12)9-14-15-10(16-9)8-4-3-6(11)5-13-8/h3-5,7H,2,12H2,1H3. The Hall–Kier alpha value is -0.850. The van der Waals surface area contributed by atoms with Crippen LogP contribution in [0.5, 0.6) is 0 Å². The second-order valence-corrected chi connectivity index (χ2v) is 5.25. The van der Waals surface area contributed by atoms with Crippen molar-refractivity contribution in [2.45, 2.75) is 19.4 Å². The summed E-state index contributed by atoms with van der Waals surface area (Å²) in [5.74, 6) is 0. The fourth-order valence-corrected chi connectivity index (χ4v) is 2.30. The average molecular weight is 299 g/mol. The molecule has 1 unspecified atom stereocenters. The van der Waals surface area contributed by atoms with Crippen LogP contribution < -0.4 is 5.73 Å². The molecule has 0 radical (unpaired) electrons. The second-order valence-electron chi connectivity index (χ2n) is 3.32. The molecular weight excluding hydrogens is 288 g/mol. The van der Waals surface area contributed by atoms with Crippen LogP contribution in [-0.2, 0) is 0 Å². The topological polar surface area (TPSA) is 64.7 Å². The smallest absolute Gasteiger partial charge is 0.166 e.